The van der Waals surface area contributed by atoms with Crippen LogP contribution < -0.4 is 10.1 Å². The van der Waals surface area contributed by atoms with E-state index in [9.17, 15) is 18.0 Å². The van der Waals surface area contributed by atoms with E-state index in [0.29, 0.717) is 24.5 Å². The van der Waals surface area contributed by atoms with Crippen LogP contribution in [-0.2, 0) is 4.79 Å². The Bertz CT molecular complexity index is 1190. The Labute approximate surface area is 190 Å². The molecule has 3 aromatic rings. The molecule has 1 amide bonds. The number of nitrogens with one attached hydrogen (secondary N) is 1. The van der Waals surface area contributed by atoms with E-state index in [1.807, 2.05) is 31.2 Å². The van der Waals surface area contributed by atoms with Crippen molar-refractivity contribution in [3.63, 3.8) is 0 Å². The molecule has 8 heteroatoms. The smallest absolute Gasteiger partial charge is 0.266 e. The van der Waals surface area contributed by atoms with Gasteiger partial charge in [0.25, 0.3) is 6.43 Å². The maximum Gasteiger partial charge on any atom is 0.266 e. The molecule has 1 fully saturated rings. The summed E-state index contributed by atoms with van der Waals surface area (Å²) in [6.07, 6.45) is -2.22. The summed E-state index contributed by atoms with van der Waals surface area (Å²) in [5, 5.41) is 4.03. The Balaban J connectivity index is 1.61. The highest BCUT2D eigenvalue weighted by molar-refractivity contribution is 5.92. The van der Waals surface area contributed by atoms with E-state index in [2.05, 4.69) is 10.3 Å². The van der Waals surface area contributed by atoms with Crippen molar-refractivity contribution in [3.8, 4) is 5.75 Å². The molecular formula is C25H26F3N3O2. The van der Waals surface area contributed by atoms with Crippen LogP contribution in [0.15, 0.2) is 42.5 Å². The fraction of sp³-hybridized carbons (Fsp3) is 0.360. The Kier molecular flexibility index (Phi) is 6.44. The van der Waals surface area contributed by atoms with Crippen molar-refractivity contribution in [2.45, 2.75) is 45.8 Å². The van der Waals surface area contributed by atoms with Crippen LogP contribution >= 0.6 is 0 Å². The van der Waals surface area contributed by atoms with E-state index >= 15 is 0 Å². The van der Waals surface area contributed by atoms with Gasteiger partial charge in [0.05, 0.1) is 23.7 Å². The fourth-order valence-corrected chi connectivity index (χ4v) is 4.22. The molecule has 0 radical (unpaired) electrons. The minimum atomic E-state index is -2.88. The molecular weight excluding hydrogens is 431 g/mol. The van der Waals surface area contributed by atoms with Crippen LogP contribution in [0.1, 0.15) is 49.6 Å². The lowest BCUT2D eigenvalue weighted by molar-refractivity contribution is -0.128. The van der Waals surface area contributed by atoms with Gasteiger partial charge in [-0.25, -0.2) is 13.2 Å². The van der Waals surface area contributed by atoms with Gasteiger partial charge in [0.2, 0.25) is 5.91 Å². The highest BCUT2D eigenvalue weighted by Gasteiger charge is 2.26. The molecule has 1 unspecified atom stereocenters. The number of aromatic nitrogens is 1. The minimum Gasteiger partial charge on any atom is -0.488 e. The van der Waals surface area contributed by atoms with Gasteiger partial charge in [-0.2, -0.15) is 0 Å². The number of hydrogen-bond acceptors (Lipinski definition) is 4. The third-order valence-electron chi connectivity index (χ3n) is 5.93. The van der Waals surface area contributed by atoms with E-state index in [4.69, 9.17) is 4.74 Å². The molecule has 1 aliphatic rings. The molecule has 0 spiro atoms. The number of ether oxygens (including phenoxy) is 1. The fourth-order valence-electron chi connectivity index (χ4n) is 4.22. The second-order valence-electron chi connectivity index (χ2n) is 8.40. The lowest BCUT2D eigenvalue weighted by Gasteiger charge is -2.20. The molecule has 5 nitrogen and oxygen atoms in total. The molecule has 2 atom stereocenters. The van der Waals surface area contributed by atoms with Crippen LogP contribution in [0.3, 0.4) is 0 Å². The Hall–Kier alpha value is -3.29. The number of alkyl halides is 2. The summed E-state index contributed by atoms with van der Waals surface area (Å²) in [6.45, 7) is 6.34. The van der Waals surface area contributed by atoms with Crippen molar-refractivity contribution >= 4 is 22.5 Å². The van der Waals surface area contributed by atoms with Crippen LogP contribution in [0.4, 0.5) is 18.9 Å². The molecule has 1 aromatic heterocycles. The summed E-state index contributed by atoms with van der Waals surface area (Å²) >= 11 is 0. The maximum absolute atomic E-state index is 14.7. The van der Waals surface area contributed by atoms with E-state index in [1.54, 1.807) is 18.7 Å². The Morgan fingerprint density at radius 2 is 1.97 bits per heavy atom. The number of anilines is 1. The van der Waals surface area contributed by atoms with Gasteiger partial charge >= 0.3 is 0 Å². The summed E-state index contributed by atoms with van der Waals surface area (Å²) in [5.41, 5.74) is 1.76. The van der Waals surface area contributed by atoms with Gasteiger partial charge in [-0.05, 0) is 38.1 Å². The first-order chi connectivity index (χ1) is 15.7. The first-order valence-corrected chi connectivity index (χ1v) is 10.9. The highest BCUT2D eigenvalue weighted by atomic mass is 19.3. The van der Waals surface area contributed by atoms with Gasteiger partial charge in [-0.1, -0.05) is 18.2 Å². The minimum absolute atomic E-state index is 0.0305. The van der Waals surface area contributed by atoms with E-state index in [-0.39, 0.29) is 17.6 Å². The number of fused-ring (bicyclic) bond motifs is 1. The van der Waals surface area contributed by atoms with E-state index in [0.717, 1.165) is 29.1 Å². The number of rotatable bonds is 6. The van der Waals surface area contributed by atoms with Crippen molar-refractivity contribution in [2.24, 2.45) is 0 Å². The van der Waals surface area contributed by atoms with Crippen LogP contribution in [0.2, 0.25) is 0 Å². The van der Waals surface area contributed by atoms with Gasteiger partial charge in [-0.15, -0.1) is 0 Å². The van der Waals surface area contributed by atoms with Gasteiger partial charge in [-0.3, -0.25) is 9.78 Å². The molecule has 2 heterocycles. The number of nitrogens with zero attached hydrogens (tertiary/aromatic N) is 2. The highest BCUT2D eigenvalue weighted by Crippen LogP contribution is 2.33. The molecule has 2 aromatic carbocycles. The number of benzene rings is 2. The number of carbonyl (C=O) groups excluding carboxylic acids is 1. The van der Waals surface area contributed by atoms with Gasteiger partial charge in [0.1, 0.15) is 17.7 Å². The van der Waals surface area contributed by atoms with Gasteiger partial charge in [0.15, 0.2) is 0 Å². The average molecular weight is 457 g/mol. The molecule has 0 saturated carbocycles. The van der Waals surface area contributed by atoms with Crippen molar-refractivity contribution in [2.75, 3.05) is 18.4 Å². The number of likely N-dealkylation sites (tertiary alicyclic amines) is 1. The summed E-state index contributed by atoms with van der Waals surface area (Å²) in [7, 11) is 0. The second kappa shape index (κ2) is 9.29. The molecule has 174 valence electrons. The topological polar surface area (TPSA) is 54.5 Å². The third-order valence-corrected chi connectivity index (χ3v) is 5.93. The van der Waals surface area contributed by atoms with Crippen LogP contribution in [0, 0.1) is 12.7 Å². The van der Waals surface area contributed by atoms with Gasteiger partial charge < -0.3 is 15.0 Å². The van der Waals surface area contributed by atoms with Gasteiger partial charge in [0, 0.05) is 42.2 Å². The molecule has 1 N–H and O–H groups in total. The number of pyridine rings is 1. The van der Waals surface area contributed by atoms with Crippen molar-refractivity contribution in [1.29, 1.82) is 0 Å². The summed E-state index contributed by atoms with van der Waals surface area (Å²) in [5.74, 6) is -0.226. The molecule has 0 aliphatic carbocycles. The zero-order chi connectivity index (χ0) is 23.7. The SMILES string of the molecule is CC(=O)N1CCC(Oc2ccc3nc(C)cc(N[C@H](C)c4cccc(C(F)F)c4F)c3c2)C1. The van der Waals surface area contributed by atoms with Crippen LogP contribution in [-0.4, -0.2) is 35.0 Å². The zero-order valence-corrected chi connectivity index (χ0v) is 18.7. The third kappa shape index (κ3) is 4.89. The van der Waals surface area contributed by atoms with Crippen molar-refractivity contribution in [1.82, 2.24) is 9.88 Å². The zero-order valence-electron chi connectivity index (χ0n) is 18.7. The number of aryl methyl sites for hydroxylation is 1. The Morgan fingerprint density at radius 3 is 2.67 bits per heavy atom. The Morgan fingerprint density at radius 1 is 1.21 bits per heavy atom. The average Bonchev–Trinajstić information content (AvgIpc) is 3.23. The standard InChI is InChI=1S/C25H26F3N3O2/c1-14-11-23(30-15(2)19-5-4-6-20(24(19)26)25(27)28)21-12-17(7-8-22(21)29-14)33-18-9-10-31(13-18)16(3)32/h4-8,11-12,15,18,25H,9-10,13H2,1-3H3,(H,29,30)/t15-,18?/m1/s1. The van der Waals surface area contributed by atoms with Crippen LogP contribution in [0.5, 0.6) is 5.75 Å². The molecule has 4 rings (SSSR count). The lowest BCUT2D eigenvalue weighted by atomic mass is 10.0. The molecule has 1 saturated heterocycles. The monoisotopic (exact) mass is 457 g/mol. The normalized spacial score (nSPS) is 16.9. The van der Waals surface area contributed by atoms with E-state index < -0.39 is 23.8 Å². The maximum atomic E-state index is 14.7. The van der Waals surface area contributed by atoms with Crippen LogP contribution in [0.25, 0.3) is 10.9 Å². The largest absolute Gasteiger partial charge is 0.488 e. The number of halogens is 3. The number of hydrogen-bond donors (Lipinski definition) is 1. The predicted molar refractivity (Wildman–Crippen MR) is 121 cm³/mol. The number of amides is 1. The summed E-state index contributed by atoms with van der Waals surface area (Å²) in [4.78, 5) is 17.9. The quantitative estimate of drug-likeness (QED) is 0.509. The second-order valence-corrected chi connectivity index (χ2v) is 8.40. The lowest BCUT2D eigenvalue weighted by Crippen LogP contribution is -2.28. The first kappa shape index (κ1) is 22.9. The molecule has 33 heavy (non-hydrogen) atoms. The summed E-state index contributed by atoms with van der Waals surface area (Å²) < 4.78 is 47.0. The molecule has 1 aliphatic heterocycles. The van der Waals surface area contributed by atoms with Crippen molar-refractivity contribution in [3.05, 3.63) is 65.1 Å². The first-order valence-electron chi connectivity index (χ1n) is 10.9. The summed E-state index contributed by atoms with van der Waals surface area (Å²) in [6, 6.07) is 10.9. The van der Waals surface area contributed by atoms with Crippen molar-refractivity contribution < 1.29 is 22.7 Å². The predicted octanol–water partition coefficient (Wildman–Crippen LogP) is 5.79. The number of carbonyl (C=O) groups is 1. The van der Waals surface area contributed by atoms with E-state index in [1.165, 1.54) is 12.1 Å². The molecule has 0 bridgehead atoms.